The lowest BCUT2D eigenvalue weighted by atomic mass is 10.1. The van der Waals surface area contributed by atoms with Crippen LogP contribution in [0, 0.1) is 0 Å². The van der Waals surface area contributed by atoms with Gasteiger partial charge in [0.1, 0.15) is 11.5 Å². The Bertz CT molecular complexity index is 1050. The van der Waals surface area contributed by atoms with Gasteiger partial charge < -0.3 is 19.1 Å². The third kappa shape index (κ3) is 3.98. The number of ether oxygens (including phenoxy) is 2. The average molecular weight is 380 g/mol. The predicted molar refractivity (Wildman–Crippen MR) is 107 cm³/mol. The number of rotatable bonds is 5. The van der Waals surface area contributed by atoms with E-state index in [1.807, 2.05) is 17.8 Å². The van der Waals surface area contributed by atoms with E-state index in [1.165, 1.54) is 11.0 Å². The van der Waals surface area contributed by atoms with Gasteiger partial charge in [-0.2, -0.15) is 0 Å². The van der Waals surface area contributed by atoms with Crippen molar-refractivity contribution < 1.29 is 24.2 Å². The van der Waals surface area contributed by atoms with Crippen molar-refractivity contribution in [1.82, 2.24) is 4.57 Å². The Labute approximate surface area is 162 Å². The molecule has 2 aromatic carbocycles. The van der Waals surface area contributed by atoms with E-state index in [0.29, 0.717) is 17.2 Å². The van der Waals surface area contributed by atoms with Gasteiger partial charge in [-0.15, -0.1) is 0 Å². The van der Waals surface area contributed by atoms with Crippen molar-refractivity contribution in [2.24, 2.45) is 7.05 Å². The lowest BCUT2D eigenvalue weighted by molar-refractivity contribution is -0.131. The number of aryl methyl sites for hydroxylation is 1. The molecular formula is C21H20N2O5. The summed E-state index contributed by atoms with van der Waals surface area (Å²) in [5.41, 5.74) is 2.27. The number of carboxylic acids is 1. The van der Waals surface area contributed by atoms with Crippen LogP contribution in [0.2, 0.25) is 0 Å². The molecule has 0 spiro atoms. The zero-order chi connectivity index (χ0) is 20.3. The maximum atomic E-state index is 12.5. The van der Waals surface area contributed by atoms with Crippen molar-refractivity contribution in [1.29, 1.82) is 0 Å². The lowest BCUT2D eigenvalue weighted by Crippen LogP contribution is -2.29. The zero-order valence-electron chi connectivity index (χ0n) is 15.7. The van der Waals surface area contributed by atoms with Crippen molar-refractivity contribution in [3.8, 4) is 11.5 Å². The first-order valence-corrected chi connectivity index (χ1v) is 8.48. The lowest BCUT2D eigenvalue weighted by Gasteiger charge is -2.17. The third-order valence-corrected chi connectivity index (χ3v) is 4.34. The van der Waals surface area contributed by atoms with Crippen LogP contribution in [0.1, 0.15) is 5.56 Å². The molecule has 0 atom stereocenters. The third-order valence-electron chi connectivity index (χ3n) is 4.34. The van der Waals surface area contributed by atoms with Crippen molar-refractivity contribution in [3.63, 3.8) is 0 Å². The van der Waals surface area contributed by atoms with Crippen LogP contribution < -0.4 is 14.4 Å². The van der Waals surface area contributed by atoms with Gasteiger partial charge in [-0.05, 0) is 42.5 Å². The molecule has 3 rings (SSSR count). The van der Waals surface area contributed by atoms with E-state index in [-0.39, 0.29) is 0 Å². The minimum Gasteiger partial charge on any atom is -0.497 e. The first kappa shape index (κ1) is 19.0. The minimum atomic E-state index is -1.01. The number of hydrogen-bond donors (Lipinski definition) is 1. The smallest absolute Gasteiger partial charge is 0.419 e. The number of aromatic nitrogens is 1. The monoisotopic (exact) mass is 380 g/mol. The van der Waals surface area contributed by atoms with Gasteiger partial charge in [-0.3, -0.25) is 4.90 Å². The highest BCUT2D eigenvalue weighted by atomic mass is 16.6. The van der Waals surface area contributed by atoms with Gasteiger partial charge in [0.05, 0.1) is 12.6 Å². The summed E-state index contributed by atoms with van der Waals surface area (Å²) in [7, 11) is 5.05. The Balaban J connectivity index is 1.80. The van der Waals surface area contributed by atoms with Crippen molar-refractivity contribution in [3.05, 3.63) is 60.3 Å². The summed E-state index contributed by atoms with van der Waals surface area (Å²) < 4.78 is 12.5. The Hall–Kier alpha value is -3.74. The number of carbonyl (C=O) groups is 2. The van der Waals surface area contributed by atoms with Crippen molar-refractivity contribution in [2.75, 3.05) is 19.1 Å². The van der Waals surface area contributed by atoms with Crippen LogP contribution in [0.5, 0.6) is 11.5 Å². The predicted octanol–water partition coefficient (Wildman–Crippen LogP) is 3.92. The molecule has 0 saturated heterocycles. The number of methoxy groups -OCH3 is 1. The Morgan fingerprint density at radius 3 is 2.43 bits per heavy atom. The van der Waals surface area contributed by atoms with Gasteiger partial charge >= 0.3 is 12.1 Å². The summed E-state index contributed by atoms with van der Waals surface area (Å²) in [4.78, 5) is 24.6. The number of nitrogens with zero attached hydrogens (tertiary/aromatic N) is 2. The molecule has 0 aliphatic rings. The Morgan fingerprint density at radius 2 is 1.79 bits per heavy atom. The Morgan fingerprint density at radius 1 is 1.11 bits per heavy atom. The molecule has 0 aliphatic carbocycles. The molecule has 7 heteroatoms. The van der Waals surface area contributed by atoms with E-state index in [1.54, 1.807) is 56.6 Å². The molecule has 3 aromatic rings. The molecular weight excluding hydrogens is 360 g/mol. The highest BCUT2D eigenvalue weighted by Crippen LogP contribution is 2.27. The van der Waals surface area contributed by atoms with Crippen LogP contribution in [0.4, 0.5) is 10.5 Å². The fourth-order valence-electron chi connectivity index (χ4n) is 2.83. The fraction of sp³-hybridized carbons (Fsp3) is 0.143. The second-order valence-electron chi connectivity index (χ2n) is 6.17. The zero-order valence-corrected chi connectivity index (χ0v) is 15.7. The number of carboxylic acid groups (broad SMARTS) is 1. The van der Waals surface area contributed by atoms with E-state index in [9.17, 15) is 9.59 Å². The number of fused-ring (bicyclic) bond motifs is 1. The molecule has 1 aromatic heterocycles. The highest BCUT2D eigenvalue weighted by molar-refractivity contribution is 5.95. The fourth-order valence-corrected chi connectivity index (χ4v) is 2.83. The van der Waals surface area contributed by atoms with Crippen LogP contribution in [-0.2, 0) is 11.8 Å². The summed E-state index contributed by atoms with van der Waals surface area (Å²) in [5.74, 6) is 0.0874. The van der Waals surface area contributed by atoms with E-state index >= 15 is 0 Å². The normalized spacial score (nSPS) is 11.0. The van der Waals surface area contributed by atoms with Crippen LogP contribution in [-0.4, -0.2) is 35.9 Å². The molecule has 144 valence electrons. The number of carbonyl (C=O) groups excluding carboxylic acids is 1. The van der Waals surface area contributed by atoms with Gasteiger partial charge in [0, 0.05) is 49.1 Å². The van der Waals surface area contributed by atoms with Crippen LogP contribution in [0.3, 0.4) is 0 Å². The molecule has 1 amide bonds. The second kappa shape index (κ2) is 7.87. The van der Waals surface area contributed by atoms with E-state index in [0.717, 1.165) is 22.5 Å². The topological polar surface area (TPSA) is 81.0 Å². The molecule has 1 heterocycles. The SMILES string of the molecule is COc1ccc(N(C)C(=O)Oc2ccc3c(C=CC(=O)O)cn(C)c3c2)cc1. The van der Waals surface area contributed by atoms with Crippen LogP contribution >= 0.6 is 0 Å². The maximum Gasteiger partial charge on any atom is 0.419 e. The maximum absolute atomic E-state index is 12.5. The second-order valence-corrected chi connectivity index (χ2v) is 6.17. The van der Waals surface area contributed by atoms with Crippen LogP contribution in [0.25, 0.3) is 17.0 Å². The van der Waals surface area contributed by atoms with Crippen LogP contribution in [0.15, 0.2) is 54.7 Å². The summed E-state index contributed by atoms with van der Waals surface area (Å²) in [6.45, 7) is 0. The quantitative estimate of drug-likeness (QED) is 0.679. The standard InChI is InChI=1S/C21H20N2O5/c1-22-13-14(4-11-20(24)25)18-10-9-17(12-19(18)22)28-21(26)23(2)15-5-7-16(27-3)8-6-15/h4-13H,1-3H3,(H,24,25). The number of benzene rings is 2. The van der Waals surface area contributed by atoms with Crippen molar-refractivity contribution in [2.45, 2.75) is 0 Å². The largest absolute Gasteiger partial charge is 0.497 e. The summed E-state index contributed by atoms with van der Waals surface area (Å²) in [5, 5.41) is 9.67. The summed E-state index contributed by atoms with van der Waals surface area (Å²) in [6.07, 6.45) is 3.92. The molecule has 0 saturated carbocycles. The molecule has 0 fully saturated rings. The molecule has 0 bridgehead atoms. The first-order valence-electron chi connectivity index (χ1n) is 8.48. The van der Waals surface area contributed by atoms with E-state index < -0.39 is 12.1 Å². The summed E-state index contributed by atoms with van der Waals surface area (Å²) >= 11 is 0. The van der Waals surface area contributed by atoms with Gasteiger partial charge in [0.2, 0.25) is 0 Å². The number of aliphatic carboxylic acids is 1. The first-order chi connectivity index (χ1) is 13.4. The highest BCUT2D eigenvalue weighted by Gasteiger charge is 2.15. The number of anilines is 1. The van der Waals surface area contributed by atoms with Gasteiger partial charge in [0.15, 0.2) is 0 Å². The average Bonchev–Trinajstić information content (AvgIpc) is 3.01. The van der Waals surface area contributed by atoms with E-state index in [2.05, 4.69) is 0 Å². The van der Waals surface area contributed by atoms with Gasteiger partial charge in [0.25, 0.3) is 0 Å². The molecule has 0 aliphatic heterocycles. The van der Waals surface area contributed by atoms with E-state index in [4.69, 9.17) is 14.6 Å². The van der Waals surface area contributed by atoms with Crippen molar-refractivity contribution >= 4 is 34.7 Å². The molecule has 7 nitrogen and oxygen atoms in total. The molecule has 28 heavy (non-hydrogen) atoms. The molecule has 0 unspecified atom stereocenters. The summed E-state index contributed by atoms with van der Waals surface area (Å²) in [6, 6.07) is 12.3. The van der Waals surface area contributed by atoms with Gasteiger partial charge in [-0.1, -0.05) is 0 Å². The molecule has 1 N–H and O–H groups in total. The number of hydrogen-bond acceptors (Lipinski definition) is 4. The Kier molecular flexibility index (Phi) is 5.35. The minimum absolute atomic E-state index is 0.396. The number of amides is 1. The van der Waals surface area contributed by atoms with Gasteiger partial charge in [-0.25, -0.2) is 9.59 Å². The molecule has 0 radical (unpaired) electrons.